The molecular weight excluding hydrogens is 756 g/mol. The van der Waals surface area contributed by atoms with Gasteiger partial charge in [-0.25, -0.2) is 14.4 Å². The van der Waals surface area contributed by atoms with Gasteiger partial charge < -0.3 is 47.7 Å². The summed E-state index contributed by atoms with van der Waals surface area (Å²) in [6, 6.07) is 9.57. The van der Waals surface area contributed by atoms with Gasteiger partial charge in [0.05, 0.1) is 0 Å². The number of fused-ring (bicyclic) bond motifs is 2. The summed E-state index contributed by atoms with van der Waals surface area (Å²) in [6.07, 6.45) is -7.01. The highest BCUT2D eigenvalue weighted by Gasteiger charge is 2.87. The summed E-state index contributed by atoms with van der Waals surface area (Å²) >= 11 is 0. The van der Waals surface area contributed by atoms with Crippen LogP contribution in [-0.2, 0) is 73.0 Å². The lowest BCUT2D eigenvalue weighted by Crippen LogP contribution is -2.79. The summed E-state index contributed by atoms with van der Waals surface area (Å²) in [4.78, 5) is 69.7. The number of methoxy groups -OCH3 is 1. The van der Waals surface area contributed by atoms with E-state index in [0.717, 1.165) is 12.5 Å². The van der Waals surface area contributed by atoms with Gasteiger partial charge in [-0.2, -0.15) is 0 Å². The highest BCUT2D eigenvalue weighted by Crippen LogP contribution is 2.58. The van der Waals surface area contributed by atoms with E-state index in [0.29, 0.717) is 12.0 Å². The molecule has 15 nitrogen and oxygen atoms in total. The van der Waals surface area contributed by atoms with E-state index in [1.54, 1.807) is 20.8 Å². The number of carbonyl (C=O) groups excluding carboxylic acids is 5. The molecule has 1 N–H and O–H groups in total. The van der Waals surface area contributed by atoms with Crippen molar-refractivity contribution >= 4 is 29.8 Å². The molecule has 326 valence electrons. The van der Waals surface area contributed by atoms with E-state index in [9.17, 15) is 24.3 Å². The van der Waals surface area contributed by atoms with E-state index < -0.39 is 93.8 Å². The molecule has 0 aromatic heterocycles. The average molecular weight is 821 g/mol. The summed E-state index contributed by atoms with van der Waals surface area (Å²) in [5, 5.41) is 13.1. The number of esters is 5. The first-order chi connectivity index (χ1) is 26.3. The molecule has 58 heavy (non-hydrogen) atoms. The average Bonchev–Trinajstić information content (AvgIpc) is 3.28. The van der Waals surface area contributed by atoms with Gasteiger partial charge in [-0.15, -0.1) is 0 Å². The number of carbonyl (C=O) groups is 5. The second-order valence-electron chi connectivity index (χ2n) is 18.5. The van der Waals surface area contributed by atoms with Crippen molar-refractivity contribution in [3.05, 3.63) is 48.0 Å². The Kier molecular flexibility index (Phi) is 14.5. The number of benzene rings is 1. The maximum absolute atomic E-state index is 15.0. The van der Waals surface area contributed by atoms with Crippen LogP contribution in [0.2, 0.25) is 0 Å². The second-order valence-corrected chi connectivity index (χ2v) is 18.5. The van der Waals surface area contributed by atoms with Gasteiger partial charge in [0.1, 0.15) is 22.9 Å². The van der Waals surface area contributed by atoms with E-state index in [1.807, 2.05) is 37.3 Å². The van der Waals surface area contributed by atoms with Crippen LogP contribution in [-0.4, -0.2) is 106 Å². The fourth-order valence-electron chi connectivity index (χ4n) is 6.99. The third-order valence-corrected chi connectivity index (χ3v) is 9.34. The first-order valence-corrected chi connectivity index (χ1v) is 19.4. The minimum Gasteiger partial charge on any atom is -0.458 e. The van der Waals surface area contributed by atoms with Crippen molar-refractivity contribution in [3.8, 4) is 0 Å². The standard InChI is InChI=1S/C43H64O15/c1-25(30(51-27(3)44)26(2)24-29-20-18-17-19-21-29)22-23-41-31(53-40(14,15)50-16)32(52-28(4)45)43(58-41,36(48)57-39(11,12)13)42(49,35(47)56-38(8,9)10)33(54-41)34(46)55-37(5,6)7/h17-21,26,30-33,49H,1,22-24H2,2-16H3/t26?,30?,31-,32-,33-,41-,42-,43-/m1/s1. The van der Waals surface area contributed by atoms with Crippen molar-refractivity contribution in [3.63, 3.8) is 0 Å². The lowest BCUT2D eigenvalue weighted by atomic mass is 9.74. The fourth-order valence-corrected chi connectivity index (χ4v) is 6.99. The number of aliphatic hydroxyl groups is 1. The van der Waals surface area contributed by atoms with Gasteiger partial charge in [0, 0.05) is 33.3 Å². The van der Waals surface area contributed by atoms with Crippen LogP contribution >= 0.6 is 0 Å². The van der Waals surface area contributed by atoms with Crippen LogP contribution in [0.1, 0.15) is 115 Å². The molecule has 15 heteroatoms. The molecule has 1 aromatic rings. The van der Waals surface area contributed by atoms with E-state index in [1.165, 1.54) is 69.4 Å². The van der Waals surface area contributed by atoms with Gasteiger partial charge in [0.25, 0.3) is 5.60 Å². The Hall–Kier alpha value is -3.89. The first-order valence-electron chi connectivity index (χ1n) is 19.4. The summed E-state index contributed by atoms with van der Waals surface area (Å²) < 4.78 is 54.3. The van der Waals surface area contributed by atoms with E-state index >= 15 is 4.79 Å². The highest BCUT2D eigenvalue weighted by atomic mass is 16.8. The molecule has 2 aliphatic heterocycles. The van der Waals surface area contributed by atoms with Gasteiger partial charge in [-0.05, 0) is 100 Å². The third-order valence-electron chi connectivity index (χ3n) is 9.34. The van der Waals surface area contributed by atoms with Crippen LogP contribution in [0.4, 0.5) is 0 Å². The summed E-state index contributed by atoms with van der Waals surface area (Å²) in [5.41, 5.74) is -9.08. The summed E-state index contributed by atoms with van der Waals surface area (Å²) in [6.45, 7) is 25.2. The van der Waals surface area contributed by atoms with Crippen LogP contribution in [0.25, 0.3) is 0 Å². The molecule has 3 rings (SSSR count). The molecule has 2 aliphatic rings. The molecular formula is C43H64O15. The predicted molar refractivity (Wildman–Crippen MR) is 209 cm³/mol. The molecule has 0 amide bonds. The number of ether oxygens (including phenoxy) is 9. The zero-order chi connectivity index (χ0) is 44.4. The Bertz CT molecular complexity index is 1680. The molecule has 1 aromatic carbocycles. The van der Waals surface area contributed by atoms with Crippen LogP contribution in [0, 0.1) is 5.92 Å². The molecule has 2 saturated heterocycles. The van der Waals surface area contributed by atoms with Gasteiger partial charge in [0.15, 0.2) is 18.0 Å². The smallest absolute Gasteiger partial charge is 0.347 e. The lowest BCUT2D eigenvalue weighted by molar-refractivity contribution is -0.387. The highest BCUT2D eigenvalue weighted by molar-refractivity contribution is 6.00. The minimum absolute atomic E-state index is 0.0898. The molecule has 2 heterocycles. The van der Waals surface area contributed by atoms with Crippen molar-refractivity contribution in [1.82, 2.24) is 0 Å². The molecule has 0 aliphatic carbocycles. The van der Waals surface area contributed by atoms with E-state index in [-0.39, 0.29) is 18.8 Å². The zero-order valence-corrected chi connectivity index (χ0v) is 36.8. The summed E-state index contributed by atoms with van der Waals surface area (Å²) in [5.74, 6) is -10.0. The number of rotatable bonds is 15. The quantitative estimate of drug-likeness (QED) is 0.102. The van der Waals surface area contributed by atoms with Crippen molar-refractivity contribution in [2.75, 3.05) is 7.11 Å². The molecule has 0 saturated carbocycles. The molecule has 8 atom stereocenters. The maximum atomic E-state index is 15.0. The van der Waals surface area contributed by atoms with Gasteiger partial charge in [-0.1, -0.05) is 43.8 Å². The van der Waals surface area contributed by atoms with Crippen molar-refractivity contribution in [2.24, 2.45) is 5.92 Å². The second kappa shape index (κ2) is 17.4. The molecule has 2 bridgehead atoms. The molecule has 2 fully saturated rings. The molecule has 0 spiro atoms. The van der Waals surface area contributed by atoms with Crippen LogP contribution in [0.15, 0.2) is 42.5 Å². The predicted octanol–water partition coefficient (Wildman–Crippen LogP) is 5.45. The van der Waals surface area contributed by atoms with Gasteiger partial charge >= 0.3 is 29.8 Å². The van der Waals surface area contributed by atoms with E-state index in [2.05, 4.69) is 6.58 Å². The number of hydrogen-bond acceptors (Lipinski definition) is 15. The lowest BCUT2D eigenvalue weighted by Gasteiger charge is -2.51. The first kappa shape index (κ1) is 48.5. The Morgan fingerprint density at radius 3 is 1.83 bits per heavy atom. The molecule has 0 radical (unpaired) electrons. The topological polar surface area (TPSA) is 189 Å². The fraction of sp³-hybridized carbons (Fsp3) is 0.698. The van der Waals surface area contributed by atoms with E-state index in [4.69, 9.17) is 42.6 Å². The van der Waals surface area contributed by atoms with Gasteiger partial charge in [-0.3, -0.25) is 9.59 Å². The zero-order valence-electron chi connectivity index (χ0n) is 36.8. The van der Waals surface area contributed by atoms with Crippen LogP contribution in [0.5, 0.6) is 0 Å². The van der Waals surface area contributed by atoms with Crippen molar-refractivity contribution in [2.45, 2.75) is 180 Å². The Morgan fingerprint density at radius 2 is 1.34 bits per heavy atom. The molecule has 2 unspecified atom stereocenters. The van der Waals surface area contributed by atoms with Gasteiger partial charge in [0.2, 0.25) is 17.5 Å². The largest absolute Gasteiger partial charge is 0.458 e. The summed E-state index contributed by atoms with van der Waals surface area (Å²) in [7, 11) is 1.33. The minimum atomic E-state index is -3.47. The van der Waals surface area contributed by atoms with Crippen LogP contribution in [0.3, 0.4) is 0 Å². The monoisotopic (exact) mass is 820 g/mol. The maximum Gasteiger partial charge on any atom is 0.347 e. The normalized spacial score (nSPS) is 27.1. The Labute approximate surface area is 342 Å². The van der Waals surface area contributed by atoms with Crippen molar-refractivity contribution in [1.29, 1.82) is 0 Å². The SMILES string of the molecule is C=C(CC[C@@]12O[C@H](C(=O)OC(C)(C)C)[C@@](O)(C(=O)OC(C)(C)C)[C@@](C(=O)OC(C)(C)C)(O1)[C@H](OC(C)=O)[C@H]2OC(C)(C)OC)C(OC(C)=O)C(C)Cc1ccccc1. The Morgan fingerprint density at radius 1 is 0.810 bits per heavy atom. The van der Waals surface area contributed by atoms with Crippen LogP contribution < -0.4 is 0 Å². The third kappa shape index (κ3) is 11.0. The van der Waals surface area contributed by atoms with Crippen molar-refractivity contribution < 1.29 is 71.7 Å². The Balaban J connectivity index is 2.42. The number of hydrogen-bond donors (Lipinski definition) is 1.